The summed E-state index contributed by atoms with van der Waals surface area (Å²) < 4.78 is 50.0. The largest absolute Gasteiger partial charge is 0.489 e. The lowest BCUT2D eigenvalue weighted by Crippen LogP contribution is -2.33. The molecule has 174 valence electrons. The normalized spacial score (nSPS) is 14.7. The topological polar surface area (TPSA) is 38.8 Å². The highest BCUT2D eigenvalue weighted by Gasteiger charge is 2.33. The van der Waals surface area contributed by atoms with Gasteiger partial charge in [0.1, 0.15) is 18.0 Å². The number of fused-ring (bicyclic) bond motifs is 1. The Hall–Kier alpha value is -2.25. The Morgan fingerprint density at radius 2 is 1.84 bits per heavy atom. The van der Waals surface area contributed by atoms with E-state index >= 15 is 0 Å². The van der Waals surface area contributed by atoms with Crippen LogP contribution in [0.3, 0.4) is 0 Å². The lowest BCUT2D eigenvalue weighted by molar-refractivity contribution is -0.155. The third-order valence-electron chi connectivity index (χ3n) is 5.06. The molecule has 0 saturated carbocycles. The van der Waals surface area contributed by atoms with Crippen LogP contribution in [-0.2, 0) is 35.3 Å². The minimum atomic E-state index is -4.53. The molecule has 0 N–H and O–H groups in total. The molecule has 4 nitrogen and oxygen atoms in total. The van der Waals surface area contributed by atoms with Gasteiger partial charge in [-0.2, -0.15) is 13.2 Å². The van der Waals surface area contributed by atoms with Gasteiger partial charge >= 0.3 is 12.1 Å². The number of hydrogen-bond acceptors (Lipinski definition) is 4. The van der Waals surface area contributed by atoms with Crippen molar-refractivity contribution in [1.29, 1.82) is 0 Å². The Morgan fingerprint density at radius 1 is 1.09 bits per heavy atom. The van der Waals surface area contributed by atoms with Gasteiger partial charge in [0, 0.05) is 19.6 Å². The Morgan fingerprint density at radius 3 is 2.53 bits per heavy atom. The van der Waals surface area contributed by atoms with Crippen molar-refractivity contribution in [1.82, 2.24) is 4.90 Å². The van der Waals surface area contributed by atoms with Crippen LogP contribution in [0.2, 0.25) is 5.02 Å². The Bertz CT molecular complexity index is 970. The average molecular weight is 470 g/mol. The number of alkyl halides is 3. The number of rotatable bonds is 6. The Balaban J connectivity index is 1.56. The molecule has 0 atom stereocenters. The van der Waals surface area contributed by atoms with Gasteiger partial charge in [0.2, 0.25) is 0 Å². The third-order valence-corrected chi connectivity index (χ3v) is 5.39. The summed E-state index contributed by atoms with van der Waals surface area (Å²) in [6.07, 6.45) is -3.35. The molecule has 2 aromatic carbocycles. The molecule has 32 heavy (non-hydrogen) atoms. The maximum Gasteiger partial charge on any atom is 0.417 e. The quantitative estimate of drug-likeness (QED) is 0.484. The van der Waals surface area contributed by atoms with Crippen LogP contribution in [0.4, 0.5) is 13.2 Å². The molecule has 0 radical (unpaired) electrons. The number of carbonyl (C=O) groups is 1. The van der Waals surface area contributed by atoms with Gasteiger partial charge in [-0.1, -0.05) is 29.8 Å². The van der Waals surface area contributed by atoms with Crippen molar-refractivity contribution in [2.75, 3.05) is 13.1 Å². The summed E-state index contributed by atoms with van der Waals surface area (Å²) in [4.78, 5) is 14.2. The van der Waals surface area contributed by atoms with Crippen LogP contribution in [-0.4, -0.2) is 29.6 Å². The highest BCUT2D eigenvalue weighted by Crippen LogP contribution is 2.37. The molecule has 8 heteroatoms. The molecule has 0 spiro atoms. The van der Waals surface area contributed by atoms with Crippen molar-refractivity contribution in [3.05, 3.63) is 63.7 Å². The van der Waals surface area contributed by atoms with Gasteiger partial charge in [0.25, 0.3) is 0 Å². The SMILES string of the molecule is CC(C)(C)OC(=O)CCN1CCc2cc(COc3ccc(Cl)c(C(F)(F)F)c3)ccc2C1. The maximum atomic E-state index is 13.0. The molecule has 0 bridgehead atoms. The van der Waals surface area contributed by atoms with E-state index in [1.807, 2.05) is 39.0 Å². The van der Waals surface area contributed by atoms with Crippen molar-refractivity contribution in [2.45, 2.75) is 58.5 Å². The van der Waals surface area contributed by atoms with Gasteiger partial charge in [-0.3, -0.25) is 9.69 Å². The van der Waals surface area contributed by atoms with Crippen LogP contribution in [0.5, 0.6) is 5.75 Å². The third kappa shape index (κ3) is 6.87. The molecule has 0 unspecified atom stereocenters. The van der Waals surface area contributed by atoms with E-state index < -0.39 is 17.3 Å². The van der Waals surface area contributed by atoms with Crippen LogP contribution in [0.1, 0.15) is 49.4 Å². The molecular formula is C24H27ClF3NO3. The average Bonchev–Trinajstić information content (AvgIpc) is 2.69. The number of esters is 1. The van der Waals surface area contributed by atoms with E-state index in [1.54, 1.807) is 0 Å². The van der Waals surface area contributed by atoms with Crippen LogP contribution >= 0.6 is 11.6 Å². The highest BCUT2D eigenvalue weighted by atomic mass is 35.5. The summed E-state index contributed by atoms with van der Waals surface area (Å²) in [5.74, 6) is -0.0839. The van der Waals surface area contributed by atoms with E-state index in [1.165, 1.54) is 23.3 Å². The first kappa shape index (κ1) is 24.4. The second kappa shape index (κ2) is 9.71. The fourth-order valence-corrected chi connectivity index (χ4v) is 3.79. The van der Waals surface area contributed by atoms with E-state index in [-0.39, 0.29) is 23.3 Å². The number of nitrogens with zero attached hydrogens (tertiary/aromatic N) is 1. The Kier molecular flexibility index (Phi) is 7.40. The number of halogens is 4. The first-order valence-electron chi connectivity index (χ1n) is 10.5. The molecule has 0 saturated heterocycles. The van der Waals surface area contributed by atoms with Crippen molar-refractivity contribution in [3.63, 3.8) is 0 Å². The van der Waals surface area contributed by atoms with Crippen LogP contribution < -0.4 is 4.74 Å². The first-order chi connectivity index (χ1) is 14.9. The number of ether oxygens (including phenoxy) is 2. The second-order valence-electron chi connectivity index (χ2n) is 8.89. The van der Waals surface area contributed by atoms with Crippen LogP contribution in [0.15, 0.2) is 36.4 Å². The van der Waals surface area contributed by atoms with Gasteiger partial charge in [0.05, 0.1) is 17.0 Å². The zero-order chi connectivity index (χ0) is 23.5. The monoisotopic (exact) mass is 469 g/mol. The molecule has 0 fully saturated rings. The van der Waals surface area contributed by atoms with Crippen molar-refractivity contribution >= 4 is 17.6 Å². The minimum Gasteiger partial charge on any atom is -0.489 e. The lowest BCUT2D eigenvalue weighted by Gasteiger charge is -2.29. The van der Waals surface area contributed by atoms with Crippen molar-refractivity contribution in [2.24, 2.45) is 0 Å². The number of benzene rings is 2. The van der Waals surface area contributed by atoms with Crippen molar-refractivity contribution < 1.29 is 27.4 Å². The summed E-state index contributed by atoms with van der Waals surface area (Å²) in [5.41, 5.74) is 1.86. The fraction of sp³-hybridized carbons (Fsp3) is 0.458. The molecule has 3 rings (SSSR count). The predicted octanol–water partition coefficient (Wildman–Crippen LogP) is 6.03. The van der Waals surface area contributed by atoms with E-state index in [0.29, 0.717) is 13.0 Å². The smallest absolute Gasteiger partial charge is 0.417 e. The van der Waals surface area contributed by atoms with Gasteiger partial charge in [-0.15, -0.1) is 0 Å². The summed E-state index contributed by atoms with van der Waals surface area (Å²) in [6, 6.07) is 9.49. The standard InChI is InChI=1S/C24H27ClF3NO3/c1-23(2,3)32-22(30)9-11-29-10-8-17-12-16(4-5-18(17)14-29)15-31-19-6-7-21(25)20(13-19)24(26,27)28/h4-7,12-13H,8-11,14-15H2,1-3H3. The van der Waals surface area contributed by atoms with Crippen LogP contribution in [0, 0.1) is 0 Å². The first-order valence-corrected chi connectivity index (χ1v) is 10.8. The minimum absolute atomic E-state index is 0.118. The molecule has 0 amide bonds. The molecule has 1 aliphatic rings. The number of carbonyl (C=O) groups excluding carboxylic acids is 1. The van der Waals surface area contributed by atoms with E-state index in [4.69, 9.17) is 21.1 Å². The summed E-state index contributed by atoms with van der Waals surface area (Å²) in [7, 11) is 0. The molecule has 1 heterocycles. The molecule has 0 aliphatic carbocycles. The maximum absolute atomic E-state index is 13.0. The fourth-order valence-electron chi connectivity index (χ4n) is 3.57. The molecule has 0 aromatic heterocycles. The molecule has 2 aromatic rings. The lowest BCUT2D eigenvalue weighted by atomic mass is 9.97. The Labute approximate surface area is 191 Å². The molecular weight excluding hydrogens is 443 g/mol. The zero-order valence-corrected chi connectivity index (χ0v) is 19.1. The van der Waals surface area contributed by atoms with E-state index in [9.17, 15) is 18.0 Å². The zero-order valence-electron chi connectivity index (χ0n) is 18.4. The summed E-state index contributed by atoms with van der Waals surface area (Å²) in [6.45, 7) is 7.92. The second-order valence-corrected chi connectivity index (χ2v) is 9.30. The van der Waals surface area contributed by atoms with Crippen LogP contribution in [0.25, 0.3) is 0 Å². The van der Waals surface area contributed by atoms with E-state index in [0.717, 1.165) is 31.1 Å². The summed E-state index contributed by atoms with van der Waals surface area (Å²) in [5, 5.41) is -0.352. The van der Waals surface area contributed by atoms with Crippen molar-refractivity contribution in [3.8, 4) is 5.75 Å². The van der Waals surface area contributed by atoms with Gasteiger partial charge in [0.15, 0.2) is 0 Å². The molecule has 1 aliphatic heterocycles. The van der Waals surface area contributed by atoms with Gasteiger partial charge < -0.3 is 9.47 Å². The van der Waals surface area contributed by atoms with Gasteiger partial charge in [-0.05, 0) is 62.1 Å². The number of hydrogen-bond donors (Lipinski definition) is 0. The predicted molar refractivity (Wildman–Crippen MR) is 117 cm³/mol. The summed E-state index contributed by atoms with van der Waals surface area (Å²) >= 11 is 5.65. The van der Waals surface area contributed by atoms with Gasteiger partial charge in [-0.25, -0.2) is 0 Å². The highest BCUT2D eigenvalue weighted by molar-refractivity contribution is 6.31. The van der Waals surface area contributed by atoms with E-state index in [2.05, 4.69) is 4.90 Å².